The Balaban J connectivity index is 1.88. The Hall–Kier alpha value is -1.48. The molecule has 0 spiro atoms. The number of likely N-dealkylation sites (N-methyl/N-ethyl adjacent to an activating group) is 1. The Morgan fingerprint density at radius 1 is 0.963 bits per heavy atom. The molecular formula is C19H32N4O3S. The number of nitrogens with zero attached hydrogens (tertiary/aromatic N) is 4. The zero-order chi connectivity index (χ0) is 19.9. The average Bonchev–Trinajstić information content (AvgIpc) is 2.68. The van der Waals surface area contributed by atoms with Crippen LogP contribution in [-0.2, 0) is 21.5 Å². The molecule has 152 valence electrons. The van der Waals surface area contributed by atoms with Crippen LogP contribution in [0.15, 0.2) is 30.3 Å². The molecule has 8 heteroatoms. The number of carbonyl (C=O) groups excluding carboxylic acids is 1. The van der Waals surface area contributed by atoms with Crippen molar-refractivity contribution in [2.75, 3.05) is 52.4 Å². The molecule has 0 atom stereocenters. The fraction of sp³-hybridized carbons (Fsp3) is 0.632. The van der Waals surface area contributed by atoms with Crippen LogP contribution < -0.4 is 0 Å². The van der Waals surface area contributed by atoms with Gasteiger partial charge in [0.15, 0.2) is 0 Å². The highest BCUT2D eigenvalue weighted by Crippen LogP contribution is 2.13. The molecule has 7 nitrogen and oxygen atoms in total. The van der Waals surface area contributed by atoms with Crippen LogP contribution in [0, 0.1) is 0 Å². The molecule has 1 aliphatic rings. The molecule has 27 heavy (non-hydrogen) atoms. The predicted molar refractivity (Wildman–Crippen MR) is 107 cm³/mol. The molecule has 1 aromatic carbocycles. The van der Waals surface area contributed by atoms with Crippen molar-refractivity contribution in [3.63, 3.8) is 0 Å². The van der Waals surface area contributed by atoms with Crippen LogP contribution in [0.4, 0.5) is 0 Å². The van der Waals surface area contributed by atoms with E-state index in [9.17, 15) is 13.2 Å². The molecule has 1 saturated heterocycles. The Morgan fingerprint density at radius 3 is 2.07 bits per heavy atom. The first-order valence-corrected chi connectivity index (χ1v) is 11.1. The van der Waals surface area contributed by atoms with Crippen LogP contribution in [0.5, 0.6) is 0 Å². The van der Waals surface area contributed by atoms with Gasteiger partial charge in [-0.1, -0.05) is 44.2 Å². The normalized spacial score (nSPS) is 16.6. The quantitative estimate of drug-likeness (QED) is 0.630. The van der Waals surface area contributed by atoms with E-state index in [4.69, 9.17) is 0 Å². The summed E-state index contributed by atoms with van der Waals surface area (Å²) < 4.78 is 28.2. The summed E-state index contributed by atoms with van der Waals surface area (Å²) in [6.45, 7) is 10.2. The van der Waals surface area contributed by atoms with Crippen LogP contribution in [0.3, 0.4) is 0 Å². The summed E-state index contributed by atoms with van der Waals surface area (Å²) >= 11 is 0. The van der Waals surface area contributed by atoms with Crippen LogP contribution in [-0.4, -0.2) is 85.1 Å². The minimum absolute atomic E-state index is 0.0846. The first kappa shape index (κ1) is 21.8. The van der Waals surface area contributed by atoms with E-state index in [1.54, 1.807) is 0 Å². The van der Waals surface area contributed by atoms with Gasteiger partial charge >= 0.3 is 0 Å². The molecule has 0 aliphatic carbocycles. The first-order chi connectivity index (χ1) is 12.9. The maximum absolute atomic E-state index is 12.7. The zero-order valence-electron chi connectivity index (χ0n) is 16.7. The number of hydrogen-bond acceptors (Lipinski definition) is 4. The van der Waals surface area contributed by atoms with Gasteiger partial charge in [-0.2, -0.15) is 17.0 Å². The Bertz CT molecular complexity index is 684. The molecule has 0 saturated carbocycles. The van der Waals surface area contributed by atoms with Gasteiger partial charge in [0.05, 0.1) is 6.54 Å². The molecule has 1 amide bonds. The summed E-state index contributed by atoms with van der Waals surface area (Å²) in [4.78, 5) is 16.6. The lowest BCUT2D eigenvalue weighted by molar-refractivity contribution is -0.133. The molecule has 0 bridgehead atoms. The van der Waals surface area contributed by atoms with Crippen molar-refractivity contribution in [3.8, 4) is 0 Å². The van der Waals surface area contributed by atoms with Gasteiger partial charge in [0.25, 0.3) is 10.2 Å². The zero-order valence-corrected chi connectivity index (χ0v) is 17.5. The van der Waals surface area contributed by atoms with Gasteiger partial charge < -0.3 is 4.90 Å². The smallest absolute Gasteiger partial charge is 0.282 e. The molecule has 1 aromatic rings. The van der Waals surface area contributed by atoms with Gasteiger partial charge in [-0.15, -0.1) is 0 Å². The van der Waals surface area contributed by atoms with E-state index >= 15 is 0 Å². The van der Waals surface area contributed by atoms with Gasteiger partial charge in [-0.25, -0.2) is 0 Å². The van der Waals surface area contributed by atoms with Crippen LogP contribution >= 0.6 is 0 Å². The third kappa shape index (κ3) is 5.75. The highest BCUT2D eigenvalue weighted by molar-refractivity contribution is 7.86. The van der Waals surface area contributed by atoms with E-state index in [-0.39, 0.29) is 5.91 Å². The minimum Gasteiger partial charge on any atom is -0.338 e. The van der Waals surface area contributed by atoms with Gasteiger partial charge in [0.1, 0.15) is 0 Å². The number of rotatable bonds is 9. The Labute approximate surface area is 163 Å². The summed E-state index contributed by atoms with van der Waals surface area (Å²) in [5.74, 6) is 0.0846. The van der Waals surface area contributed by atoms with E-state index in [0.29, 0.717) is 58.9 Å². The summed E-state index contributed by atoms with van der Waals surface area (Å²) in [5.41, 5.74) is 1.11. The third-order valence-corrected chi connectivity index (χ3v) is 7.19. The van der Waals surface area contributed by atoms with Crippen molar-refractivity contribution in [2.45, 2.75) is 27.3 Å². The lowest BCUT2D eigenvalue weighted by Crippen LogP contribution is -2.54. The molecule has 0 aromatic heterocycles. The maximum atomic E-state index is 12.7. The van der Waals surface area contributed by atoms with Crippen molar-refractivity contribution >= 4 is 16.1 Å². The molecule has 1 fully saturated rings. The number of benzene rings is 1. The predicted octanol–water partition coefficient (Wildman–Crippen LogP) is 1.24. The lowest BCUT2D eigenvalue weighted by atomic mass is 10.2. The topological polar surface area (TPSA) is 64.2 Å². The largest absolute Gasteiger partial charge is 0.338 e. The summed E-state index contributed by atoms with van der Waals surface area (Å²) in [6, 6.07) is 9.96. The summed E-state index contributed by atoms with van der Waals surface area (Å²) in [6.07, 6.45) is 0. The van der Waals surface area contributed by atoms with E-state index in [2.05, 4.69) is 0 Å². The minimum atomic E-state index is -3.39. The third-order valence-electron chi connectivity index (χ3n) is 5.00. The highest BCUT2D eigenvalue weighted by Gasteiger charge is 2.31. The standard InChI is InChI=1S/C19H32N4O3S/c1-4-21(16-18-10-8-7-9-11-18)19(24)17-20-12-14-23(15-13-20)27(25,26)22(5-2)6-3/h7-11H,4-6,12-17H2,1-3H3. The molecule has 2 rings (SSSR count). The van der Waals surface area contributed by atoms with Crippen LogP contribution in [0.25, 0.3) is 0 Å². The summed E-state index contributed by atoms with van der Waals surface area (Å²) in [5, 5.41) is 0. The van der Waals surface area contributed by atoms with Gasteiger partial charge in [-0.3, -0.25) is 9.69 Å². The van der Waals surface area contributed by atoms with Gasteiger partial charge in [0.2, 0.25) is 5.91 Å². The molecular weight excluding hydrogens is 364 g/mol. The van der Waals surface area contributed by atoms with E-state index in [1.807, 2.05) is 60.9 Å². The van der Waals surface area contributed by atoms with Crippen molar-refractivity contribution < 1.29 is 13.2 Å². The van der Waals surface area contributed by atoms with Crippen LogP contribution in [0.1, 0.15) is 26.3 Å². The molecule has 1 aliphatic heterocycles. The van der Waals surface area contributed by atoms with Crippen molar-refractivity contribution in [2.24, 2.45) is 0 Å². The van der Waals surface area contributed by atoms with E-state index < -0.39 is 10.2 Å². The Kier molecular flexibility index (Phi) is 8.22. The first-order valence-electron chi connectivity index (χ1n) is 9.71. The molecule has 0 unspecified atom stereocenters. The molecule has 0 N–H and O–H groups in total. The Morgan fingerprint density at radius 2 is 1.56 bits per heavy atom. The monoisotopic (exact) mass is 396 g/mol. The second kappa shape index (κ2) is 10.2. The number of hydrogen-bond donors (Lipinski definition) is 0. The fourth-order valence-electron chi connectivity index (χ4n) is 3.30. The lowest BCUT2D eigenvalue weighted by Gasteiger charge is -2.36. The maximum Gasteiger partial charge on any atom is 0.282 e. The van der Waals surface area contributed by atoms with Crippen molar-refractivity contribution in [3.05, 3.63) is 35.9 Å². The highest BCUT2D eigenvalue weighted by atomic mass is 32.2. The second-order valence-electron chi connectivity index (χ2n) is 6.66. The van der Waals surface area contributed by atoms with Crippen molar-refractivity contribution in [1.82, 2.24) is 18.4 Å². The summed E-state index contributed by atoms with van der Waals surface area (Å²) in [7, 11) is -3.39. The SMILES string of the molecule is CCN(Cc1ccccc1)C(=O)CN1CCN(S(=O)(=O)N(CC)CC)CC1. The van der Waals surface area contributed by atoms with Crippen molar-refractivity contribution in [1.29, 1.82) is 0 Å². The van der Waals surface area contributed by atoms with E-state index in [1.165, 1.54) is 8.61 Å². The van der Waals surface area contributed by atoms with Gasteiger partial charge in [-0.05, 0) is 12.5 Å². The number of carbonyl (C=O) groups is 1. The number of piperazine rings is 1. The van der Waals surface area contributed by atoms with Crippen LogP contribution in [0.2, 0.25) is 0 Å². The fourth-order valence-corrected chi connectivity index (χ4v) is 4.91. The average molecular weight is 397 g/mol. The molecule has 0 radical (unpaired) electrons. The number of amides is 1. The second-order valence-corrected chi connectivity index (χ2v) is 8.59. The van der Waals surface area contributed by atoms with Gasteiger partial charge in [0, 0.05) is 52.4 Å². The van der Waals surface area contributed by atoms with E-state index in [0.717, 1.165) is 5.56 Å². The molecule has 1 heterocycles.